The maximum atomic E-state index is 6.10. The monoisotopic (exact) mass is 216 g/mol. The maximum Gasteiger partial charge on any atom is 0.0649 e. The van der Waals surface area contributed by atoms with Crippen molar-refractivity contribution in [1.29, 1.82) is 0 Å². The Morgan fingerprint density at radius 2 is 2.38 bits per heavy atom. The van der Waals surface area contributed by atoms with E-state index in [1.807, 2.05) is 6.08 Å². The van der Waals surface area contributed by atoms with Crippen molar-refractivity contribution in [2.45, 2.75) is 32.3 Å². The van der Waals surface area contributed by atoms with Gasteiger partial charge in [-0.3, -0.25) is 0 Å². The molecule has 0 aromatic heterocycles. The van der Waals surface area contributed by atoms with Crippen molar-refractivity contribution in [1.82, 2.24) is 0 Å². The zero-order valence-electron chi connectivity index (χ0n) is 9.99. The van der Waals surface area contributed by atoms with Crippen molar-refractivity contribution in [3.05, 3.63) is 24.8 Å². The van der Waals surface area contributed by atoms with Crippen LogP contribution in [-0.2, 0) is 4.74 Å². The number of hydrogen-bond donors (Lipinski definition) is 0. The second-order valence-electron chi connectivity index (χ2n) is 6.31. The Morgan fingerprint density at radius 3 is 3.12 bits per heavy atom. The maximum absolute atomic E-state index is 6.10. The summed E-state index contributed by atoms with van der Waals surface area (Å²) in [5, 5.41) is 0. The molecule has 0 bridgehead atoms. The molecule has 2 saturated carbocycles. The van der Waals surface area contributed by atoms with Gasteiger partial charge in [-0.1, -0.05) is 25.2 Å². The van der Waals surface area contributed by atoms with Crippen molar-refractivity contribution in [2.75, 3.05) is 6.61 Å². The van der Waals surface area contributed by atoms with Crippen LogP contribution in [0.1, 0.15) is 26.2 Å². The second-order valence-corrected chi connectivity index (χ2v) is 6.31. The highest BCUT2D eigenvalue weighted by Gasteiger charge is 2.86. The fourth-order valence-corrected chi connectivity index (χ4v) is 5.59. The van der Waals surface area contributed by atoms with Crippen molar-refractivity contribution >= 4 is 0 Å². The van der Waals surface area contributed by atoms with Gasteiger partial charge in [0.15, 0.2) is 0 Å². The Hall–Kier alpha value is -0.560. The molecule has 1 heteroatoms. The molecule has 0 radical (unpaired) electrons. The summed E-state index contributed by atoms with van der Waals surface area (Å²) >= 11 is 0. The van der Waals surface area contributed by atoms with Crippen LogP contribution in [0.25, 0.3) is 0 Å². The molecule has 0 aromatic carbocycles. The van der Waals surface area contributed by atoms with Crippen LogP contribution in [0.4, 0.5) is 0 Å². The topological polar surface area (TPSA) is 9.23 Å². The molecule has 1 spiro atoms. The van der Waals surface area contributed by atoms with Gasteiger partial charge in [-0.05, 0) is 42.4 Å². The minimum atomic E-state index is 0.514. The van der Waals surface area contributed by atoms with E-state index in [4.69, 9.17) is 4.74 Å². The summed E-state index contributed by atoms with van der Waals surface area (Å²) in [6, 6.07) is 0. The molecule has 4 aliphatic rings. The van der Waals surface area contributed by atoms with Crippen LogP contribution in [0.5, 0.6) is 0 Å². The molecule has 1 nitrogen and oxygen atoms in total. The standard InChI is InChI=1S/C15H20O/c1-3-4-5-13-15-11(9-16-13)8-10-6-7-12(15)14(10,15)2/h3,6-7,10-13H,1,4-5,8-9H2,2H3/t10-,11-,12+,13+,14?,15+/m1/s1. The number of allylic oxidation sites excluding steroid dienone is 3. The average Bonchev–Trinajstić information content (AvgIpc) is 2.50. The van der Waals surface area contributed by atoms with Crippen molar-refractivity contribution in [2.24, 2.45) is 28.6 Å². The van der Waals surface area contributed by atoms with Gasteiger partial charge < -0.3 is 4.74 Å². The molecule has 6 atom stereocenters. The lowest BCUT2D eigenvalue weighted by molar-refractivity contribution is 0.0609. The first-order valence-corrected chi connectivity index (χ1v) is 6.67. The van der Waals surface area contributed by atoms with Gasteiger partial charge in [0.2, 0.25) is 0 Å². The van der Waals surface area contributed by atoms with E-state index in [9.17, 15) is 0 Å². The molecule has 1 unspecified atom stereocenters. The molecule has 3 aliphatic carbocycles. The van der Waals surface area contributed by atoms with Gasteiger partial charge in [0.1, 0.15) is 0 Å². The predicted octanol–water partition coefficient (Wildman–Crippen LogP) is 3.18. The Kier molecular flexibility index (Phi) is 1.56. The van der Waals surface area contributed by atoms with Gasteiger partial charge in [-0.15, -0.1) is 6.58 Å². The van der Waals surface area contributed by atoms with E-state index in [0.29, 0.717) is 16.9 Å². The Bertz CT molecular complexity index is 385. The molecule has 0 aromatic rings. The molecule has 1 aliphatic heterocycles. The van der Waals surface area contributed by atoms with Gasteiger partial charge in [-0.2, -0.15) is 0 Å². The van der Waals surface area contributed by atoms with E-state index >= 15 is 0 Å². The fraction of sp³-hybridized carbons (Fsp3) is 0.733. The highest BCUT2D eigenvalue weighted by atomic mass is 16.5. The highest BCUT2D eigenvalue weighted by molar-refractivity contribution is 5.42. The average molecular weight is 216 g/mol. The normalized spacial score (nSPS) is 59.8. The van der Waals surface area contributed by atoms with E-state index in [1.54, 1.807) is 0 Å². The predicted molar refractivity (Wildman–Crippen MR) is 63.9 cm³/mol. The second kappa shape index (κ2) is 2.64. The van der Waals surface area contributed by atoms with E-state index in [1.165, 1.54) is 12.8 Å². The van der Waals surface area contributed by atoms with Crippen molar-refractivity contribution in [3.8, 4) is 0 Å². The SMILES string of the molecule is C=CCC[C@@H]1OC[C@H]2C[C@H]3C=C[C@H]4C3(C)[C@]214. The van der Waals surface area contributed by atoms with Crippen LogP contribution in [0, 0.1) is 28.6 Å². The molecule has 16 heavy (non-hydrogen) atoms. The zero-order valence-corrected chi connectivity index (χ0v) is 9.99. The summed E-state index contributed by atoms with van der Waals surface area (Å²) in [6.07, 6.45) is 11.2. The van der Waals surface area contributed by atoms with Crippen LogP contribution in [0.3, 0.4) is 0 Å². The minimum absolute atomic E-state index is 0.514. The van der Waals surface area contributed by atoms with Crippen LogP contribution in [0.15, 0.2) is 24.8 Å². The third kappa shape index (κ3) is 0.702. The molecule has 0 amide bonds. The third-order valence-electron chi connectivity index (χ3n) is 6.19. The van der Waals surface area contributed by atoms with Crippen LogP contribution >= 0.6 is 0 Å². The van der Waals surface area contributed by atoms with Gasteiger partial charge in [-0.25, -0.2) is 0 Å². The number of ether oxygens (including phenoxy) is 1. The first-order chi connectivity index (χ1) is 7.76. The van der Waals surface area contributed by atoms with Crippen molar-refractivity contribution < 1.29 is 4.74 Å². The summed E-state index contributed by atoms with van der Waals surface area (Å²) in [5.74, 6) is 2.54. The quantitative estimate of drug-likeness (QED) is 0.658. The molecule has 0 N–H and O–H groups in total. The Morgan fingerprint density at radius 1 is 1.50 bits per heavy atom. The van der Waals surface area contributed by atoms with E-state index < -0.39 is 0 Å². The molecular formula is C15H20O. The van der Waals surface area contributed by atoms with Gasteiger partial charge in [0.25, 0.3) is 0 Å². The van der Waals surface area contributed by atoms with Crippen LogP contribution in [-0.4, -0.2) is 12.7 Å². The smallest absolute Gasteiger partial charge is 0.0649 e. The van der Waals surface area contributed by atoms with Crippen LogP contribution < -0.4 is 0 Å². The lowest BCUT2D eigenvalue weighted by atomic mass is 9.82. The summed E-state index contributed by atoms with van der Waals surface area (Å²) in [5.41, 5.74) is 1.11. The molecule has 1 saturated heterocycles. The van der Waals surface area contributed by atoms with E-state index in [0.717, 1.165) is 30.8 Å². The zero-order chi connectivity index (χ0) is 11.0. The molecule has 86 valence electrons. The first kappa shape index (κ1) is 9.47. The number of rotatable bonds is 3. The molecule has 4 rings (SSSR count). The van der Waals surface area contributed by atoms with E-state index in [2.05, 4.69) is 25.7 Å². The van der Waals surface area contributed by atoms with Crippen LogP contribution in [0.2, 0.25) is 0 Å². The third-order valence-corrected chi connectivity index (χ3v) is 6.19. The molecule has 3 fully saturated rings. The van der Waals surface area contributed by atoms with E-state index in [-0.39, 0.29) is 0 Å². The largest absolute Gasteiger partial charge is 0.377 e. The highest BCUT2D eigenvalue weighted by Crippen LogP contribution is 2.88. The summed E-state index contributed by atoms with van der Waals surface area (Å²) in [6.45, 7) is 7.37. The molecule has 1 heterocycles. The summed E-state index contributed by atoms with van der Waals surface area (Å²) in [4.78, 5) is 0. The Balaban J connectivity index is 1.70. The lowest BCUT2D eigenvalue weighted by Crippen LogP contribution is -2.25. The lowest BCUT2D eigenvalue weighted by Gasteiger charge is -2.23. The van der Waals surface area contributed by atoms with Gasteiger partial charge in [0, 0.05) is 5.41 Å². The summed E-state index contributed by atoms with van der Waals surface area (Å²) in [7, 11) is 0. The Labute approximate surface area is 97.6 Å². The minimum Gasteiger partial charge on any atom is -0.377 e. The van der Waals surface area contributed by atoms with Crippen molar-refractivity contribution in [3.63, 3.8) is 0 Å². The number of hydrogen-bond acceptors (Lipinski definition) is 1. The molecular weight excluding hydrogens is 196 g/mol. The fourth-order valence-electron chi connectivity index (χ4n) is 5.59. The van der Waals surface area contributed by atoms with Gasteiger partial charge >= 0.3 is 0 Å². The first-order valence-electron chi connectivity index (χ1n) is 6.67. The summed E-state index contributed by atoms with van der Waals surface area (Å²) < 4.78 is 6.10. The van der Waals surface area contributed by atoms with Gasteiger partial charge in [0.05, 0.1) is 12.7 Å².